The van der Waals surface area contributed by atoms with Crippen LogP contribution in [-0.2, 0) is 11.2 Å². The maximum absolute atomic E-state index is 12.8. The number of halogens is 5. The monoisotopic (exact) mass is 316 g/mol. The van der Waals surface area contributed by atoms with Gasteiger partial charge in [0.1, 0.15) is 11.3 Å². The summed E-state index contributed by atoms with van der Waals surface area (Å²) in [4.78, 5) is 22.9. The van der Waals surface area contributed by atoms with E-state index in [-0.39, 0.29) is 6.20 Å². The molecule has 7 nitrogen and oxygen atoms in total. The van der Waals surface area contributed by atoms with Crippen molar-refractivity contribution in [3.63, 3.8) is 0 Å². The van der Waals surface area contributed by atoms with Crippen molar-refractivity contribution in [2.24, 2.45) is 0 Å². The number of carboxylic acid groups (broad SMARTS) is 1. The van der Waals surface area contributed by atoms with Crippen LogP contribution in [-0.4, -0.2) is 27.3 Å². The van der Waals surface area contributed by atoms with E-state index in [1.807, 2.05) is 0 Å². The average molecular weight is 316 g/mol. The Hall–Kier alpha value is -2.53. The van der Waals surface area contributed by atoms with E-state index >= 15 is 0 Å². The van der Waals surface area contributed by atoms with Crippen LogP contribution < -0.4 is 4.74 Å². The molecule has 0 aliphatic heterocycles. The zero-order valence-corrected chi connectivity index (χ0v) is 9.73. The lowest BCUT2D eigenvalue weighted by molar-refractivity contribution is -0.387. The molecule has 0 spiro atoms. The second-order valence-corrected chi connectivity index (χ2v) is 3.51. The van der Waals surface area contributed by atoms with Crippen molar-refractivity contribution in [1.82, 2.24) is 4.98 Å². The second-order valence-electron chi connectivity index (χ2n) is 3.51. The lowest BCUT2D eigenvalue weighted by Crippen LogP contribution is -2.19. The molecular formula is C9H5F5N2O5. The molecule has 0 fully saturated rings. The van der Waals surface area contributed by atoms with Crippen molar-refractivity contribution in [2.75, 3.05) is 0 Å². The summed E-state index contributed by atoms with van der Waals surface area (Å²) in [6, 6.07) is 0. The van der Waals surface area contributed by atoms with E-state index in [1.165, 1.54) is 0 Å². The molecule has 0 saturated carbocycles. The Morgan fingerprint density at radius 3 is 2.43 bits per heavy atom. The van der Waals surface area contributed by atoms with Crippen molar-refractivity contribution in [3.8, 4) is 5.75 Å². The number of carbonyl (C=O) groups is 1. The van der Waals surface area contributed by atoms with E-state index in [0.29, 0.717) is 0 Å². The highest BCUT2D eigenvalue weighted by atomic mass is 19.4. The topological polar surface area (TPSA) is 103 Å². The smallest absolute Gasteiger partial charge is 0.481 e. The Morgan fingerprint density at radius 1 is 1.48 bits per heavy atom. The van der Waals surface area contributed by atoms with Gasteiger partial charge in [-0.1, -0.05) is 0 Å². The number of aromatic nitrogens is 1. The first-order chi connectivity index (χ1) is 9.53. The van der Waals surface area contributed by atoms with Gasteiger partial charge < -0.3 is 9.84 Å². The highest BCUT2D eigenvalue weighted by Gasteiger charge is 2.38. The molecule has 0 atom stereocenters. The Balaban J connectivity index is 3.53. The molecule has 0 amide bonds. The largest absolute Gasteiger partial charge is 0.573 e. The molecular weight excluding hydrogens is 311 g/mol. The minimum Gasteiger partial charge on any atom is -0.481 e. The molecule has 12 heteroatoms. The number of hydrogen-bond donors (Lipinski definition) is 1. The van der Waals surface area contributed by atoms with Crippen molar-refractivity contribution in [3.05, 3.63) is 27.6 Å². The standard InChI is InChI=1S/C9H5F5N2O5/c10-8(11)6-4(21-9(12,13)14)2-15-3(1-5(17)18)7(6)16(19)20/h2,8H,1H2,(H,17,18). The molecule has 1 aromatic heterocycles. The number of aliphatic carboxylic acids is 1. The number of ether oxygens (including phenoxy) is 1. The minimum absolute atomic E-state index is 0.167. The lowest BCUT2D eigenvalue weighted by atomic mass is 10.1. The summed E-state index contributed by atoms with van der Waals surface area (Å²) in [7, 11) is 0. The summed E-state index contributed by atoms with van der Waals surface area (Å²) in [6.45, 7) is 0. The fourth-order valence-corrected chi connectivity index (χ4v) is 1.43. The number of rotatable bonds is 5. The molecule has 1 rings (SSSR count). The Labute approximate surface area is 112 Å². The van der Waals surface area contributed by atoms with Crippen molar-refractivity contribution in [2.45, 2.75) is 19.2 Å². The number of carboxylic acids is 1. The second kappa shape index (κ2) is 5.85. The fourth-order valence-electron chi connectivity index (χ4n) is 1.43. The minimum atomic E-state index is -5.37. The van der Waals surface area contributed by atoms with Crippen LogP contribution in [0.15, 0.2) is 6.20 Å². The Kier molecular flexibility index (Phi) is 4.60. The summed E-state index contributed by atoms with van der Waals surface area (Å²) in [5, 5.41) is 19.2. The van der Waals surface area contributed by atoms with Crippen LogP contribution in [0.25, 0.3) is 0 Å². The van der Waals surface area contributed by atoms with Gasteiger partial charge in [-0.15, -0.1) is 13.2 Å². The summed E-state index contributed by atoms with van der Waals surface area (Å²) < 4.78 is 65.1. The molecule has 0 aromatic carbocycles. The highest BCUT2D eigenvalue weighted by Crippen LogP contribution is 2.40. The SMILES string of the molecule is O=C(O)Cc1ncc(OC(F)(F)F)c(C(F)F)c1[N+](=O)[O-]. The maximum Gasteiger partial charge on any atom is 0.573 e. The van der Waals surface area contributed by atoms with Crippen molar-refractivity contribution >= 4 is 11.7 Å². The van der Waals surface area contributed by atoms with Gasteiger partial charge in [0.05, 0.1) is 17.5 Å². The van der Waals surface area contributed by atoms with Gasteiger partial charge in [-0.2, -0.15) is 0 Å². The first kappa shape index (κ1) is 16.5. The van der Waals surface area contributed by atoms with Gasteiger partial charge in [-0.25, -0.2) is 13.8 Å². The number of nitro groups is 1. The molecule has 1 N–H and O–H groups in total. The van der Waals surface area contributed by atoms with Gasteiger partial charge in [-0.3, -0.25) is 14.9 Å². The van der Waals surface area contributed by atoms with E-state index < -0.39 is 52.8 Å². The van der Waals surface area contributed by atoms with Gasteiger partial charge >= 0.3 is 18.0 Å². The predicted octanol–water partition coefficient (Wildman–Crippen LogP) is 2.45. The molecule has 116 valence electrons. The summed E-state index contributed by atoms with van der Waals surface area (Å²) in [6.07, 6.45) is -10.0. The quantitative estimate of drug-likeness (QED) is 0.508. The van der Waals surface area contributed by atoms with Gasteiger partial charge in [-0.05, 0) is 0 Å². The van der Waals surface area contributed by atoms with Crippen LogP contribution >= 0.6 is 0 Å². The first-order valence-corrected chi connectivity index (χ1v) is 4.94. The van der Waals surface area contributed by atoms with Crippen LogP contribution in [0.5, 0.6) is 5.75 Å². The molecule has 0 unspecified atom stereocenters. The van der Waals surface area contributed by atoms with E-state index in [4.69, 9.17) is 5.11 Å². The summed E-state index contributed by atoms with van der Waals surface area (Å²) in [5.41, 5.74) is -4.10. The third-order valence-corrected chi connectivity index (χ3v) is 2.08. The molecule has 0 aliphatic carbocycles. The molecule has 0 bridgehead atoms. The van der Waals surface area contributed by atoms with Crippen LogP contribution in [0, 0.1) is 10.1 Å². The summed E-state index contributed by atoms with van der Waals surface area (Å²) in [5.74, 6) is -3.19. The Bertz CT molecular complexity index is 574. The average Bonchev–Trinajstić information content (AvgIpc) is 2.27. The normalized spacial score (nSPS) is 11.5. The third kappa shape index (κ3) is 4.22. The van der Waals surface area contributed by atoms with E-state index in [9.17, 15) is 36.9 Å². The number of nitrogens with zero attached hydrogens (tertiary/aromatic N) is 2. The predicted molar refractivity (Wildman–Crippen MR) is 53.9 cm³/mol. The molecule has 21 heavy (non-hydrogen) atoms. The molecule has 0 radical (unpaired) electrons. The lowest BCUT2D eigenvalue weighted by Gasteiger charge is -2.13. The first-order valence-electron chi connectivity index (χ1n) is 4.94. The third-order valence-electron chi connectivity index (χ3n) is 2.08. The number of hydrogen-bond acceptors (Lipinski definition) is 5. The molecule has 1 heterocycles. The van der Waals surface area contributed by atoms with Crippen LogP contribution in [0.4, 0.5) is 27.6 Å². The van der Waals surface area contributed by atoms with Gasteiger partial charge in [0.15, 0.2) is 5.75 Å². The highest BCUT2D eigenvalue weighted by molar-refractivity contribution is 5.72. The number of alkyl halides is 5. The number of pyridine rings is 1. The van der Waals surface area contributed by atoms with Gasteiger partial charge in [0.2, 0.25) is 0 Å². The fraction of sp³-hybridized carbons (Fsp3) is 0.333. The van der Waals surface area contributed by atoms with Crippen LogP contribution in [0.2, 0.25) is 0 Å². The molecule has 0 saturated heterocycles. The van der Waals surface area contributed by atoms with Crippen molar-refractivity contribution < 1.29 is 41.5 Å². The van der Waals surface area contributed by atoms with Crippen LogP contribution in [0.3, 0.4) is 0 Å². The Morgan fingerprint density at radius 2 is 2.05 bits per heavy atom. The molecule has 0 aliphatic rings. The van der Waals surface area contributed by atoms with E-state index in [2.05, 4.69) is 9.72 Å². The summed E-state index contributed by atoms with van der Waals surface area (Å²) >= 11 is 0. The molecule has 1 aromatic rings. The van der Waals surface area contributed by atoms with Crippen LogP contribution in [0.1, 0.15) is 17.7 Å². The maximum atomic E-state index is 12.8. The zero-order chi connectivity index (χ0) is 16.4. The van der Waals surface area contributed by atoms with E-state index in [0.717, 1.165) is 0 Å². The van der Waals surface area contributed by atoms with E-state index in [1.54, 1.807) is 0 Å². The van der Waals surface area contributed by atoms with Gasteiger partial charge in [0, 0.05) is 0 Å². The van der Waals surface area contributed by atoms with Crippen molar-refractivity contribution in [1.29, 1.82) is 0 Å². The zero-order valence-electron chi connectivity index (χ0n) is 9.73. The van der Waals surface area contributed by atoms with Gasteiger partial charge in [0.25, 0.3) is 6.43 Å².